The molecule has 1 N–H and O–H groups in total. The number of nitrogens with zero attached hydrogens (tertiary/aromatic N) is 2. The van der Waals surface area contributed by atoms with Gasteiger partial charge in [-0.2, -0.15) is 0 Å². The second-order valence-corrected chi connectivity index (χ2v) is 11.3. The number of rotatable bonds is 5. The highest BCUT2D eigenvalue weighted by Crippen LogP contribution is 2.58. The van der Waals surface area contributed by atoms with Crippen molar-refractivity contribution in [2.75, 3.05) is 24.7 Å². The number of ether oxygens (including phenoxy) is 2. The topological polar surface area (TPSA) is 96.4 Å². The molecule has 8 heteroatoms. The zero-order valence-electron chi connectivity index (χ0n) is 23.4. The number of aryl methyl sites for hydroxylation is 2. The number of carbonyl (C=O) groups excluding carboxylic acids is 3. The number of fused-ring (bicyclic) bond motifs is 2. The first-order valence-corrected chi connectivity index (χ1v) is 14.3. The molecule has 0 aliphatic carbocycles. The van der Waals surface area contributed by atoms with Crippen molar-refractivity contribution in [3.63, 3.8) is 0 Å². The molecule has 1 unspecified atom stereocenters. The molecule has 1 aromatic carbocycles. The average Bonchev–Trinajstić information content (AvgIpc) is 3.28. The molecule has 4 aliphatic rings. The SMILES string of the molecule is CC[C@@H](CO)N1C(=O)[C@@H]2[C@H]3C(=O)OCCCC/C=C\[C@@]3(CC)O[C@@]23C=CCN(c2cc(C)ccc2C)C(=O)C13. The van der Waals surface area contributed by atoms with Crippen LogP contribution in [0.15, 0.2) is 42.5 Å². The predicted octanol–water partition coefficient (Wildman–Crippen LogP) is 3.62. The molecular formula is C31H40N2O6. The summed E-state index contributed by atoms with van der Waals surface area (Å²) in [6.07, 6.45) is 11.0. The summed E-state index contributed by atoms with van der Waals surface area (Å²) in [6.45, 7) is 8.06. The maximum Gasteiger partial charge on any atom is 0.313 e. The molecule has 1 aromatic rings. The summed E-state index contributed by atoms with van der Waals surface area (Å²) in [5.74, 6) is -2.93. The van der Waals surface area contributed by atoms with Crippen molar-refractivity contribution in [2.45, 2.75) is 83.1 Å². The van der Waals surface area contributed by atoms with Gasteiger partial charge in [0.2, 0.25) is 5.91 Å². The fourth-order valence-corrected chi connectivity index (χ4v) is 7.01. The number of cyclic esters (lactones) is 1. The fraction of sp³-hybridized carbons (Fsp3) is 0.581. The number of esters is 1. The van der Waals surface area contributed by atoms with E-state index < -0.39 is 41.1 Å². The van der Waals surface area contributed by atoms with Crippen LogP contribution in [-0.4, -0.2) is 70.8 Å². The molecule has 8 nitrogen and oxygen atoms in total. The van der Waals surface area contributed by atoms with Gasteiger partial charge in [-0.15, -0.1) is 0 Å². The van der Waals surface area contributed by atoms with Gasteiger partial charge in [0.25, 0.3) is 5.91 Å². The van der Waals surface area contributed by atoms with E-state index in [0.29, 0.717) is 19.4 Å². The maximum absolute atomic E-state index is 14.6. The monoisotopic (exact) mass is 536 g/mol. The summed E-state index contributed by atoms with van der Waals surface area (Å²) in [5.41, 5.74) is 0.278. The van der Waals surface area contributed by atoms with Crippen LogP contribution in [0, 0.1) is 25.7 Å². The summed E-state index contributed by atoms with van der Waals surface area (Å²) in [4.78, 5) is 46.0. The van der Waals surface area contributed by atoms with E-state index in [4.69, 9.17) is 9.47 Å². The van der Waals surface area contributed by atoms with Gasteiger partial charge in [-0.25, -0.2) is 0 Å². The highest BCUT2D eigenvalue weighted by atomic mass is 16.6. The van der Waals surface area contributed by atoms with Gasteiger partial charge in [0.1, 0.15) is 23.2 Å². The van der Waals surface area contributed by atoms with E-state index in [1.165, 1.54) is 4.90 Å². The number of carbonyl (C=O) groups is 3. The third-order valence-corrected chi connectivity index (χ3v) is 9.05. The molecule has 39 heavy (non-hydrogen) atoms. The minimum Gasteiger partial charge on any atom is -0.465 e. The maximum atomic E-state index is 14.6. The van der Waals surface area contributed by atoms with Gasteiger partial charge in [-0.05, 0) is 63.1 Å². The molecule has 2 amide bonds. The van der Waals surface area contributed by atoms with E-state index in [-0.39, 0.29) is 25.0 Å². The highest BCUT2D eigenvalue weighted by Gasteiger charge is 2.75. The Balaban J connectivity index is 1.71. The Morgan fingerprint density at radius 1 is 1.05 bits per heavy atom. The Morgan fingerprint density at radius 2 is 1.85 bits per heavy atom. The summed E-state index contributed by atoms with van der Waals surface area (Å²) in [5, 5.41) is 10.3. The van der Waals surface area contributed by atoms with E-state index in [1.807, 2.05) is 70.2 Å². The lowest BCUT2D eigenvalue weighted by atomic mass is 9.73. The van der Waals surface area contributed by atoms with Crippen LogP contribution in [0.2, 0.25) is 0 Å². The first-order valence-electron chi connectivity index (χ1n) is 14.3. The van der Waals surface area contributed by atoms with E-state index in [9.17, 15) is 19.5 Å². The zero-order valence-corrected chi connectivity index (χ0v) is 23.4. The van der Waals surface area contributed by atoms with Gasteiger partial charge >= 0.3 is 5.97 Å². The number of hydrogen-bond acceptors (Lipinski definition) is 6. The lowest BCUT2D eigenvalue weighted by Crippen LogP contribution is -2.59. The second kappa shape index (κ2) is 10.5. The van der Waals surface area contributed by atoms with Crippen LogP contribution >= 0.6 is 0 Å². The van der Waals surface area contributed by atoms with Crippen molar-refractivity contribution < 1.29 is 29.0 Å². The van der Waals surface area contributed by atoms with Crippen molar-refractivity contribution in [1.29, 1.82) is 0 Å². The van der Waals surface area contributed by atoms with E-state index in [1.54, 1.807) is 4.90 Å². The van der Waals surface area contributed by atoms with Gasteiger partial charge in [-0.1, -0.05) is 50.3 Å². The molecule has 6 atom stereocenters. The van der Waals surface area contributed by atoms with Crippen LogP contribution in [-0.2, 0) is 23.9 Å². The van der Waals surface area contributed by atoms with E-state index in [2.05, 4.69) is 0 Å². The van der Waals surface area contributed by atoms with Crippen LogP contribution in [0.25, 0.3) is 0 Å². The van der Waals surface area contributed by atoms with Crippen LogP contribution in [0.1, 0.15) is 57.1 Å². The minimum absolute atomic E-state index is 0.274. The van der Waals surface area contributed by atoms with Crippen LogP contribution in [0.3, 0.4) is 0 Å². The third kappa shape index (κ3) is 4.23. The minimum atomic E-state index is -1.37. The van der Waals surface area contributed by atoms with Crippen molar-refractivity contribution in [1.82, 2.24) is 4.90 Å². The standard InChI is InChI=1S/C31H40N2O6/c1-5-22(19-34)33-26-28(36)32(23-18-20(3)12-13-21(23)4)16-11-15-31(26)24(27(33)35)25-29(37)38-17-10-8-7-9-14-30(25,6-2)39-31/h9,11-15,18,22,24-26,34H,5-8,10,16-17,19H2,1-4H3/b14-9-/t22-,24-,25-,26?,30+,31-/m0/s1. The molecule has 0 saturated carbocycles. The molecule has 4 aliphatic heterocycles. The highest BCUT2D eigenvalue weighted by molar-refractivity contribution is 6.06. The number of hydrogen-bond donors (Lipinski definition) is 1. The molecule has 0 bridgehead atoms. The predicted molar refractivity (Wildman–Crippen MR) is 147 cm³/mol. The van der Waals surface area contributed by atoms with Crippen LogP contribution in [0.4, 0.5) is 5.69 Å². The Morgan fingerprint density at radius 3 is 2.56 bits per heavy atom. The molecule has 210 valence electrons. The zero-order chi connectivity index (χ0) is 27.9. The first-order chi connectivity index (χ1) is 18.7. The molecule has 0 radical (unpaired) electrons. The summed E-state index contributed by atoms with van der Waals surface area (Å²) in [6, 6.07) is 4.34. The molecular weight excluding hydrogens is 496 g/mol. The summed E-state index contributed by atoms with van der Waals surface area (Å²) >= 11 is 0. The number of anilines is 1. The van der Waals surface area contributed by atoms with Gasteiger partial charge in [0, 0.05) is 12.2 Å². The van der Waals surface area contributed by atoms with Gasteiger partial charge in [0.15, 0.2) is 0 Å². The summed E-state index contributed by atoms with van der Waals surface area (Å²) < 4.78 is 12.7. The molecule has 0 aromatic heterocycles. The largest absolute Gasteiger partial charge is 0.465 e. The molecule has 2 fully saturated rings. The Labute approximate surface area is 230 Å². The van der Waals surface area contributed by atoms with Gasteiger partial charge in [0.05, 0.1) is 25.2 Å². The quantitative estimate of drug-likeness (QED) is 0.456. The normalized spacial score (nSPS) is 34.2. The number of likely N-dealkylation sites (tertiary alicyclic amines) is 1. The Hall–Kier alpha value is -2.97. The average molecular weight is 537 g/mol. The van der Waals surface area contributed by atoms with Crippen LogP contribution < -0.4 is 4.90 Å². The smallest absolute Gasteiger partial charge is 0.313 e. The van der Waals surface area contributed by atoms with Crippen molar-refractivity contribution in [3.05, 3.63) is 53.6 Å². The van der Waals surface area contributed by atoms with Gasteiger partial charge < -0.3 is 24.4 Å². The van der Waals surface area contributed by atoms with Crippen molar-refractivity contribution in [3.8, 4) is 0 Å². The second-order valence-electron chi connectivity index (χ2n) is 11.3. The first kappa shape index (κ1) is 27.6. The molecule has 1 spiro atoms. The number of amides is 2. The summed E-state index contributed by atoms with van der Waals surface area (Å²) in [7, 11) is 0. The van der Waals surface area contributed by atoms with Crippen LogP contribution in [0.5, 0.6) is 0 Å². The van der Waals surface area contributed by atoms with Gasteiger partial charge in [-0.3, -0.25) is 14.4 Å². The van der Waals surface area contributed by atoms with Crippen molar-refractivity contribution >= 4 is 23.5 Å². The molecule has 4 heterocycles. The lowest BCUT2D eigenvalue weighted by Gasteiger charge is -2.41. The number of allylic oxidation sites excluding steroid dienone is 1. The fourth-order valence-electron chi connectivity index (χ4n) is 7.01. The van der Waals surface area contributed by atoms with Crippen molar-refractivity contribution in [2.24, 2.45) is 11.8 Å². The number of aliphatic hydroxyl groups is 1. The molecule has 5 rings (SSSR count). The Kier molecular flexibility index (Phi) is 7.46. The third-order valence-electron chi connectivity index (χ3n) is 9.05. The Bertz CT molecular complexity index is 1210. The lowest BCUT2D eigenvalue weighted by molar-refractivity contribution is -0.161. The number of aliphatic hydroxyl groups excluding tert-OH is 1. The van der Waals surface area contributed by atoms with E-state index >= 15 is 0 Å². The van der Waals surface area contributed by atoms with E-state index in [0.717, 1.165) is 36.1 Å². The molecule has 2 saturated heterocycles. The number of benzene rings is 1.